The minimum atomic E-state index is 0.281. The molecular weight excluding hydrogens is 427 g/mol. The molecule has 0 fully saturated rings. The van der Waals surface area contributed by atoms with E-state index >= 15 is 0 Å². The summed E-state index contributed by atoms with van der Waals surface area (Å²) in [5, 5.41) is 8.63. The van der Waals surface area contributed by atoms with Gasteiger partial charge in [-0.15, -0.1) is 0 Å². The Labute approximate surface area is 199 Å². The molecule has 5 aromatic rings. The van der Waals surface area contributed by atoms with E-state index in [1.54, 1.807) is 10.7 Å². The van der Waals surface area contributed by atoms with Crippen LogP contribution in [0.5, 0.6) is 0 Å². The van der Waals surface area contributed by atoms with Crippen molar-refractivity contribution in [3.05, 3.63) is 113 Å². The van der Waals surface area contributed by atoms with Crippen LogP contribution in [0.3, 0.4) is 0 Å². The van der Waals surface area contributed by atoms with Crippen molar-refractivity contribution in [2.45, 2.75) is 12.3 Å². The molecule has 0 aliphatic carbocycles. The molecule has 4 nitrogen and oxygen atoms in total. The van der Waals surface area contributed by atoms with Crippen molar-refractivity contribution in [1.29, 1.82) is 0 Å². The lowest BCUT2D eigenvalue weighted by Crippen LogP contribution is -2.13. The second-order valence-electron chi connectivity index (χ2n) is 7.93. The van der Waals surface area contributed by atoms with E-state index in [-0.39, 0.29) is 5.92 Å². The van der Waals surface area contributed by atoms with Crippen LogP contribution in [-0.2, 0) is 0 Å². The molecule has 2 radical (unpaired) electrons. The highest BCUT2D eigenvalue weighted by Crippen LogP contribution is 2.30. The predicted molar refractivity (Wildman–Crippen MR) is 137 cm³/mol. The smallest absolute Gasteiger partial charge is 0.150 e. The molecular formula is C27H22BClN4. The van der Waals surface area contributed by atoms with Gasteiger partial charge in [0, 0.05) is 35.3 Å². The number of benzene rings is 3. The summed E-state index contributed by atoms with van der Waals surface area (Å²) >= 11 is 6.44. The highest BCUT2D eigenvalue weighted by molar-refractivity contribution is 6.36. The summed E-state index contributed by atoms with van der Waals surface area (Å²) in [6.45, 7) is 0.745. The summed E-state index contributed by atoms with van der Waals surface area (Å²) in [4.78, 5) is 4.72. The number of hydrogen-bond donors (Lipinski definition) is 1. The molecule has 0 aliphatic rings. The molecule has 1 N–H and O–H groups in total. The van der Waals surface area contributed by atoms with E-state index in [0.29, 0.717) is 16.1 Å². The zero-order chi connectivity index (χ0) is 22.6. The van der Waals surface area contributed by atoms with Gasteiger partial charge in [-0.05, 0) is 29.1 Å². The molecule has 3 aromatic carbocycles. The van der Waals surface area contributed by atoms with Crippen LogP contribution < -0.4 is 10.8 Å². The molecule has 160 valence electrons. The topological polar surface area (TPSA) is 42.2 Å². The van der Waals surface area contributed by atoms with Gasteiger partial charge in [-0.2, -0.15) is 9.61 Å². The summed E-state index contributed by atoms with van der Waals surface area (Å²) in [5.74, 6) is 1.11. The average molecular weight is 449 g/mol. The van der Waals surface area contributed by atoms with Crippen molar-refractivity contribution in [2.24, 2.45) is 0 Å². The Kier molecular flexibility index (Phi) is 6.14. The standard InChI is InChI=1S/C27H22BClN4/c28-23-18-31-33-26(17-25(32-27(23)33)22-13-7-8-14-24(22)29)30-16-15-21(19-9-3-1-4-10-19)20-11-5-2-6-12-20/h1-14,17-18,21,30H,15-16H2. The summed E-state index contributed by atoms with van der Waals surface area (Å²) < 4.78 is 1.75. The molecule has 6 heteroatoms. The SMILES string of the molecule is [B]c1cnn2c(NCCC(c3ccccc3)c3ccccc3)cc(-c3ccccc3Cl)nc12. The Bertz CT molecular complexity index is 1330. The molecule has 2 aromatic heterocycles. The van der Waals surface area contributed by atoms with E-state index in [1.165, 1.54) is 11.1 Å². The van der Waals surface area contributed by atoms with E-state index in [1.807, 2.05) is 30.3 Å². The van der Waals surface area contributed by atoms with Crippen molar-refractivity contribution < 1.29 is 0 Å². The molecule has 2 heterocycles. The lowest BCUT2D eigenvalue weighted by atomic mass is 9.88. The minimum absolute atomic E-state index is 0.281. The first-order valence-electron chi connectivity index (χ1n) is 10.9. The van der Waals surface area contributed by atoms with Gasteiger partial charge in [-0.1, -0.05) is 90.5 Å². The highest BCUT2D eigenvalue weighted by Gasteiger charge is 2.15. The van der Waals surface area contributed by atoms with E-state index in [9.17, 15) is 0 Å². The monoisotopic (exact) mass is 448 g/mol. The number of anilines is 1. The third kappa shape index (κ3) is 4.50. The largest absolute Gasteiger partial charge is 0.370 e. The molecule has 0 aliphatic heterocycles. The molecule has 0 atom stereocenters. The van der Waals surface area contributed by atoms with Crippen molar-refractivity contribution in [1.82, 2.24) is 14.6 Å². The van der Waals surface area contributed by atoms with Gasteiger partial charge in [-0.3, -0.25) is 0 Å². The van der Waals surface area contributed by atoms with E-state index in [4.69, 9.17) is 24.4 Å². The number of nitrogens with zero attached hydrogens (tertiary/aromatic N) is 3. The van der Waals surface area contributed by atoms with Gasteiger partial charge in [0.15, 0.2) is 5.65 Å². The second kappa shape index (κ2) is 9.51. The van der Waals surface area contributed by atoms with Gasteiger partial charge in [0.1, 0.15) is 13.7 Å². The summed E-state index contributed by atoms with van der Waals surface area (Å²) in [6.07, 6.45) is 2.54. The van der Waals surface area contributed by atoms with Crippen molar-refractivity contribution in [2.75, 3.05) is 11.9 Å². The van der Waals surface area contributed by atoms with Gasteiger partial charge in [0.25, 0.3) is 0 Å². The molecule has 0 unspecified atom stereocenters. The lowest BCUT2D eigenvalue weighted by Gasteiger charge is -2.19. The summed E-state index contributed by atoms with van der Waals surface area (Å²) in [5.41, 5.74) is 5.34. The van der Waals surface area contributed by atoms with Gasteiger partial charge in [-0.25, -0.2) is 4.98 Å². The Morgan fingerprint density at radius 3 is 2.18 bits per heavy atom. The van der Waals surface area contributed by atoms with Crippen molar-refractivity contribution in [3.63, 3.8) is 0 Å². The number of hydrogen-bond acceptors (Lipinski definition) is 3. The maximum atomic E-state index is 6.44. The van der Waals surface area contributed by atoms with Crippen LogP contribution in [0.25, 0.3) is 16.9 Å². The van der Waals surface area contributed by atoms with E-state index in [0.717, 1.165) is 30.0 Å². The minimum Gasteiger partial charge on any atom is -0.370 e. The fourth-order valence-electron chi connectivity index (χ4n) is 4.15. The van der Waals surface area contributed by atoms with Crippen LogP contribution >= 0.6 is 11.6 Å². The highest BCUT2D eigenvalue weighted by atomic mass is 35.5. The second-order valence-corrected chi connectivity index (χ2v) is 8.34. The third-order valence-corrected chi connectivity index (χ3v) is 6.12. The van der Waals surface area contributed by atoms with Crippen molar-refractivity contribution >= 4 is 36.4 Å². The summed E-state index contributed by atoms with van der Waals surface area (Å²) in [6, 6.07) is 30.9. The predicted octanol–water partition coefficient (Wildman–Crippen LogP) is 5.48. The quantitative estimate of drug-likeness (QED) is 0.335. The number of aromatic nitrogens is 3. The average Bonchev–Trinajstić information content (AvgIpc) is 3.24. The summed E-state index contributed by atoms with van der Waals surface area (Å²) in [7, 11) is 6.15. The molecule has 0 bridgehead atoms. The van der Waals surface area contributed by atoms with Crippen LogP contribution in [0.2, 0.25) is 5.02 Å². The van der Waals surface area contributed by atoms with Crippen LogP contribution in [0.15, 0.2) is 97.2 Å². The normalized spacial score (nSPS) is 11.2. The fraction of sp³-hybridized carbons (Fsp3) is 0.111. The number of nitrogens with one attached hydrogen (secondary N) is 1. The number of rotatable bonds is 7. The third-order valence-electron chi connectivity index (χ3n) is 5.79. The zero-order valence-corrected chi connectivity index (χ0v) is 18.8. The Morgan fingerprint density at radius 1 is 0.879 bits per heavy atom. The lowest BCUT2D eigenvalue weighted by molar-refractivity contribution is 0.739. The molecule has 0 saturated carbocycles. The Hall–Kier alpha value is -3.57. The van der Waals surface area contributed by atoms with Crippen LogP contribution in [-0.4, -0.2) is 29.0 Å². The van der Waals surface area contributed by atoms with Crippen LogP contribution in [0.4, 0.5) is 5.82 Å². The molecule has 5 rings (SSSR count). The Balaban J connectivity index is 1.45. The van der Waals surface area contributed by atoms with Gasteiger partial charge >= 0.3 is 0 Å². The van der Waals surface area contributed by atoms with Gasteiger partial charge in [0.05, 0.1) is 5.69 Å². The first-order valence-corrected chi connectivity index (χ1v) is 11.3. The first-order chi connectivity index (χ1) is 16.2. The molecule has 0 amide bonds. The van der Waals surface area contributed by atoms with E-state index < -0.39 is 0 Å². The molecule has 0 saturated heterocycles. The van der Waals surface area contributed by atoms with Crippen LogP contribution in [0.1, 0.15) is 23.5 Å². The van der Waals surface area contributed by atoms with E-state index in [2.05, 4.69) is 71.1 Å². The van der Waals surface area contributed by atoms with Gasteiger partial charge < -0.3 is 5.32 Å². The van der Waals surface area contributed by atoms with Crippen molar-refractivity contribution in [3.8, 4) is 11.3 Å². The van der Waals surface area contributed by atoms with Gasteiger partial charge in [0.2, 0.25) is 0 Å². The maximum Gasteiger partial charge on any atom is 0.150 e. The molecule has 0 spiro atoms. The first kappa shape index (κ1) is 21.3. The Morgan fingerprint density at radius 2 is 1.52 bits per heavy atom. The van der Waals surface area contributed by atoms with Crippen LogP contribution in [0, 0.1) is 0 Å². The maximum absolute atomic E-state index is 6.44. The fourth-order valence-corrected chi connectivity index (χ4v) is 4.39. The molecule has 33 heavy (non-hydrogen) atoms. The zero-order valence-electron chi connectivity index (χ0n) is 18.0. The number of halogens is 1. The number of fused-ring (bicyclic) bond motifs is 1.